The van der Waals surface area contributed by atoms with E-state index in [1.54, 1.807) is 0 Å². The molecule has 0 aliphatic heterocycles. The Labute approximate surface area is 109 Å². The molecule has 0 aromatic carbocycles. The van der Waals surface area contributed by atoms with Crippen LogP contribution in [0.15, 0.2) is 0 Å². The second-order valence-electron chi connectivity index (χ2n) is 6.56. The highest BCUT2D eigenvalue weighted by molar-refractivity contribution is 5.75. The SMILES string of the molecule is COC(=O)C(N)COC1CC2CCC1(C)C2(C)C. The highest BCUT2D eigenvalue weighted by Gasteiger charge is 2.61. The maximum Gasteiger partial charge on any atom is 0.325 e. The number of hydrogen-bond donors (Lipinski definition) is 1. The molecule has 18 heavy (non-hydrogen) atoms. The van der Waals surface area contributed by atoms with Crippen LogP contribution in [0.5, 0.6) is 0 Å². The van der Waals surface area contributed by atoms with Crippen LogP contribution in [-0.2, 0) is 14.3 Å². The normalized spacial score (nSPS) is 38.7. The van der Waals surface area contributed by atoms with E-state index in [9.17, 15) is 4.79 Å². The maximum absolute atomic E-state index is 11.3. The minimum absolute atomic E-state index is 0.216. The Kier molecular flexibility index (Phi) is 3.45. The van der Waals surface area contributed by atoms with Crippen LogP contribution in [0.25, 0.3) is 0 Å². The van der Waals surface area contributed by atoms with Crippen molar-refractivity contribution >= 4 is 5.97 Å². The summed E-state index contributed by atoms with van der Waals surface area (Å²) in [5, 5.41) is 0. The van der Waals surface area contributed by atoms with E-state index in [1.165, 1.54) is 20.0 Å². The Hall–Kier alpha value is -0.610. The third-order valence-electron chi connectivity index (χ3n) is 5.69. The molecule has 2 aliphatic rings. The van der Waals surface area contributed by atoms with Crippen LogP contribution < -0.4 is 5.73 Å². The van der Waals surface area contributed by atoms with Gasteiger partial charge in [0.15, 0.2) is 0 Å². The van der Waals surface area contributed by atoms with Crippen molar-refractivity contribution in [1.82, 2.24) is 0 Å². The van der Waals surface area contributed by atoms with Gasteiger partial charge in [0, 0.05) is 0 Å². The molecule has 104 valence electrons. The Balaban J connectivity index is 1.95. The summed E-state index contributed by atoms with van der Waals surface area (Å²) in [6, 6.07) is -0.666. The number of fused-ring (bicyclic) bond motifs is 2. The van der Waals surface area contributed by atoms with Gasteiger partial charge in [0.05, 0.1) is 19.8 Å². The van der Waals surface area contributed by atoms with Gasteiger partial charge in [-0.05, 0) is 36.0 Å². The summed E-state index contributed by atoms with van der Waals surface area (Å²) in [5.41, 5.74) is 6.26. The van der Waals surface area contributed by atoms with Gasteiger partial charge in [-0.3, -0.25) is 4.79 Å². The Morgan fingerprint density at radius 1 is 1.44 bits per heavy atom. The third-order valence-corrected chi connectivity index (χ3v) is 5.69. The van der Waals surface area contributed by atoms with Crippen molar-refractivity contribution in [2.24, 2.45) is 22.5 Å². The number of esters is 1. The summed E-state index contributed by atoms with van der Waals surface area (Å²) in [5.74, 6) is 0.337. The van der Waals surface area contributed by atoms with Crippen molar-refractivity contribution in [2.75, 3.05) is 13.7 Å². The molecule has 0 saturated heterocycles. The topological polar surface area (TPSA) is 61.5 Å². The molecule has 0 aromatic rings. The number of methoxy groups -OCH3 is 1. The minimum Gasteiger partial charge on any atom is -0.468 e. The second-order valence-corrected chi connectivity index (χ2v) is 6.56. The smallest absolute Gasteiger partial charge is 0.325 e. The van der Waals surface area contributed by atoms with Crippen LogP contribution in [0.1, 0.15) is 40.0 Å². The fourth-order valence-corrected chi connectivity index (χ4v) is 3.82. The van der Waals surface area contributed by atoms with Gasteiger partial charge < -0.3 is 15.2 Å². The fraction of sp³-hybridized carbons (Fsp3) is 0.929. The molecular weight excluding hydrogens is 230 g/mol. The lowest BCUT2D eigenvalue weighted by Crippen LogP contribution is -2.42. The van der Waals surface area contributed by atoms with E-state index >= 15 is 0 Å². The molecule has 0 amide bonds. The first kappa shape index (κ1) is 13.8. The largest absolute Gasteiger partial charge is 0.468 e. The van der Waals surface area contributed by atoms with Gasteiger partial charge in [-0.15, -0.1) is 0 Å². The number of carbonyl (C=O) groups excluding carboxylic acids is 1. The van der Waals surface area contributed by atoms with Crippen LogP contribution in [-0.4, -0.2) is 31.8 Å². The lowest BCUT2D eigenvalue weighted by Gasteiger charge is -2.39. The Bertz CT molecular complexity index is 342. The first-order valence-corrected chi connectivity index (χ1v) is 6.78. The van der Waals surface area contributed by atoms with E-state index < -0.39 is 12.0 Å². The summed E-state index contributed by atoms with van der Waals surface area (Å²) >= 11 is 0. The lowest BCUT2D eigenvalue weighted by atomic mass is 9.70. The van der Waals surface area contributed by atoms with Crippen molar-refractivity contribution in [2.45, 2.75) is 52.2 Å². The first-order chi connectivity index (χ1) is 8.33. The molecule has 2 saturated carbocycles. The van der Waals surface area contributed by atoms with Gasteiger partial charge in [-0.1, -0.05) is 20.8 Å². The maximum atomic E-state index is 11.3. The van der Waals surface area contributed by atoms with Crippen LogP contribution >= 0.6 is 0 Å². The van der Waals surface area contributed by atoms with Gasteiger partial charge >= 0.3 is 5.97 Å². The minimum atomic E-state index is -0.666. The monoisotopic (exact) mass is 255 g/mol. The molecule has 2 bridgehead atoms. The van der Waals surface area contributed by atoms with Crippen LogP contribution in [0, 0.1) is 16.7 Å². The summed E-state index contributed by atoms with van der Waals surface area (Å²) in [6.07, 6.45) is 3.83. The van der Waals surface area contributed by atoms with E-state index in [-0.39, 0.29) is 18.1 Å². The van der Waals surface area contributed by atoms with Crippen molar-refractivity contribution in [1.29, 1.82) is 0 Å². The van der Waals surface area contributed by atoms with Crippen molar-refractivity contribution < 1.29 is 14.3 Å². The predicted molar refractivity (Wildman–Crippen MR) is 69.0 cm³/mol. The molecule has 0 spiro atoms. The molecule has 0 heterocycles. The first-order valence-electron chi connectivity index (χ1n) is 6.78. The Morgan fingerprint density at radius 3 is 2.56 bits per heavy atom. The number of rotatable bonds is 4. The van der Waals surface area contributed by atoms with Crippen molar-refractivity contribution in [3.05, 3.63) is 0 Å². The van der Waals surface area contributed by atoms with Gasteiger partial charge in [0.25, 0.3) is 0 Å². The average Bonchev–Trinajstić information content (AvgIpc) is 2.67. The van der Waals surface area contributed by atoms with Gasteiger partial charge in [0.1, 0.15) is 6.04 Å². The van der Waals surface area contributed by atoms with Gasteiger partial charge in [-0.25, -0.2) is 0 Å². The van der Waals surface area contributed by atoms with Crippen molar-refractivity contribution in [3.63, 3.8) is 0 Å². The molecule has 2 fully saturated rings. The van der Waals surface area contributed by atoms with Crippen LogP contribution in [0.4, 0.5) is 0 Å². The molecule has 2 rings (SSSR count). The summed E-state index contributed by atoms with van der Waals surface area (Å²) in [4.78, 5) is 11.3. The average molecular weight is 255 g/mol. The predicted octanol–water partition coefficient (Wildman–Crippen LogP) is 1.72. The van der Waals surface area contributed by atoms with Crippen LogP contribution in [0.3, 0.4) is 0 Å². The molecule has 4 atom stereocenters. The van der Waals surface area contributed by atoms with E-state index in [0.29, 0.717) is 5.41 Å². The van der Waals surface area contributed by atoms with Crippen LogP contribution in [0.2, 0.25) is 0 Å². The molecule has 4 unspecified atom stereocenters. The zero-order valence-electron chi connectivity index (χ0n) is 11.9. The number of carbonyl (C=O) groups is 1. The number of nitrogens with two attached hydrogens (primary N) is 1. The molecule has 4 nitrogen and oxygen atoms in total. The quantitative estimate of drug-likeness (QED) is 0.777. The molecular formula is C14H25NO3. The van der Waals surface area contributed by atoms with Gasteiger partial charge in [0.2, 0.25) is 0 Å². The van der Waals surface area contributed by atoms with E-state index in [4.69, 9.17) is 10.5 Å². The number of ether oxygens (including phenoxy) is 2. The molecule has 0 radical (unpaired) electrons. The third kappa shape index (κ3) is 1.86. The standard InChI is InChI=1S/C14H25NO3/c1-13(2)9-5-6-14(13,3)11(7-9)18-8-10(15)12(16)17-4/h9-11H,5-8,15H2,1-4H3. The van der Waals surface area contributed by atoms with Gasteiger partial charge in [-0.2, -0.15) is 0 Å². The highest BCUT2D eigenvalue weighted by Crippen LogP contribution is 2.66. The summed E-state index contributed by atoms with van der Waals surface area (Å²) in [7, 11) is 1.35. The summed E-state index contributed by atoms with van der Waals surface area (Å²) < 4.78 is 10.5. The lowest BCUT2D eigenvalue weighted by molar-refractivity contribution is -0.145. The van der Waals surface area contributed by atoms with Crippen molar-refractivity contribution in [3.8, 4) is 0 Å². The van der Waals surface area contributed by atoms with E-state index in [2.05, 4.69) is 25.5 Å². The zero-order chi connectivity index (χ0) is 13.6. The van der Waals surface area contributed by atoms with E-state index in [0.717, 1.165) is 12.3 Å². The number of hydrogen-bond acceptors (Lipinski definition) is 4. The molecule has 2 aliphatic carbocycles. The Morgan fingerprint density at radius 2 is 2.11 bits per heavy atom. The zero-order valence-corrected chi connectivity index (χ0v) is 11.9. The second kappa shape index (κ2) is 4.49. The fourth-order valence-electron chi connectivity index (χ4n) is 3.82. The molecule has 0 aromatic heterocycles. The molecule has 2 N–H and O–H groups in total. The highest BCUT2D eigenvalue weighted by atomic mass is 16.5. The van der Waals surface area contributed by atoms with E-state index in [1.807, 2.05) is 0 Å². The summed E-state index contributed by atoms with van der Waals surface area (Å²) in [6.45, 7) is 7.26. The molecule has 4 heteroatoms.